The van der Waals surface area contributed by atoms with Gasteiger partial charge in [0.1, 0.15) is 11.3 Å². The lowest BCUT2D eigenvalue weighted by atomic mass is 9.98. The van der Waals surface area contributed by atoms with Crippen LogP contribution in [0, 0.1) is 0 Å². The number of aromatic nitrogens is 5. The van der Waals surface area contributed by atoms with Crippen molar-refractivity contribution in [3.05, 3.63) is 88.8 Å². The Labute approximate surface area is 199 Å². The summed E-state index contributed by atoms with van der Waals surface area (Å²) >= 11 is 6.74. The van der Waals surface area contributed by atoms with E-state index in [0.29, 0.717) is 34.7 Å². The highest BCUT2D eigenvalue weighted by molar-refractivity contribution is 6.33. The van der Waals surface area contributed by atoms with Gasteiger partial charge in [0, 0.05) is 41.7 Å². The van der Waals surface area contributed by atoms with E-state index in [4.69, 9.17) is 27.0 Å². The third kappa shape index (κ3) is 4.05. The molecule has 0 bridgehead atoms. The van der Waals surface area contributed by atoms with E-state index in [2.05, 4.69) is 20.0 Å². The smallest absolute Gasteiger partial charge is 0.217 e. The Balaban J connectivity index is 1.68. The quantitative estimate of drug-likeness (QED) is 0.129. The minimum Gasteiger partial charge on any atom is -0.493 e. The van der Waals surface area contributed by atoms with Gasteiger partial charge in [-0.05, 0) is 28.8 Å². The molecule has 0 aliphatic carbocycles. The standard InChI is InChI=1S/C24H19ClN8O/c1-32-12-10-27-24(32)23-29-22(25)21-20(16-6-3-2-4-7-16)19(15-33(21)30-23)17-8-5-9-18(14-17)34-13-11-28-31-26/h2-10,12,14-15H,11,13H2,1H3. The van der Waals surface area contributed by atoms with Crippen molar-refractivity contribution in [1.82, 2.24) is 24.1 Å². The molecular formula is C24H19ClN8O. The van der Waals surface area contributed by atoms with Crippen molar-refractivity contribution in [2.75, 3.05) is 13.2 Å². The number of ether oxygens (including phenoxy) is 1. The zero-order chi connectivity index (χ0) is 23.5. The summed E-state index contributed by atoms with van der Waals surface area (Å²) in [5.41, 5.74) is 12.9. The summed E-state index contributed by atoms with van der Waals surface area (Å²) in [5, 5.41) is 8.57. The van der Waals surface area contributed by atoms with Gasteiger partial charge in [0.15, 0.2) is 11.0 Å². The average Bonchev–Trinajstić information content (AvgIpc) is 3.46. The molecule has 0 spiro atoms. The lowest BCUT2D eigenvalue weighted by molar-refractivity contribution is 0.328. The molecule has 0 atom stereocenters. The van der Waals surface area contributed by atoms with Crippen molar-refractivity contribution < 1.29 is 4.74 Å². The van der Waals surface area contributed by atoms with E-state index >= 15 is 0 Å². The van der Waals surface area contributed by atoms with Crippen LogP contribution >= 0.6 is 11.6 Å². The molecule has 0 amide bonds. The van der Waals surface area contributed by atoms with Gasteiger partial charge in [-0.25, -0.2) is 14.5 Å². The third-order valence-corrected chi connectivity index (χ3v) is 5.60. The first kappa shape index (κ1) is 21.5. The van der Waals surface area contributed by atoms with Crippen LogP contribution in [-0.2, 0) is 7.05 Å². The molecule has 0 fully saturated rings. The molecule has 0 unspecified atom stereocenters. The minimum absolute atomic E-state index is 0.257. The fourth-order valence-electron chi connectivity index (χ4n) is 3.83. The van der Waals surface area contributed by atoms with E-state index in [-0.39, 0.29) is 6.54 Å². The van der Waals surface area contributed by atoms with E-state index in [1.54, 1.807) is 10.7 Å². The van der Waals surface area contributed by atoms with E-state index in [9.17, 15) is 0 Å². The Kier molecular flexibility index (Phi) is 5.86. The minimum atomic E-state index is 0.257. The zero-order valence-electron chi connectivity index (χ0n) is 18.2. The Bertz CT molecular complexity index is 1520. The number of aryl methyl sites for hydroxylation is 1. The van der Waals surface area contributed by atoms with Gasteiger partial charge >= 0.3 is 0 Å². The van der Waals surface area contributed by atoms with Crippen LogP contribution in [0.1, 0.15) is 0 Å². The Morgan fingerprint density at radius 3 is 2.71 bits per heavy atom. The number of hydrogen-bond acceptors (Lipinski definition) is 5. The molecular weight excluding hydrogens is 452 g/mol. The maximum absolute atomic E-state index is 8.46. The fourth-order valence-corrected chi connectivity index (χ4v) is 4.10. The lowest BCUT2D eigenvalue weighted by Crippen LogP contribution is -2.02. The van der Waals surface area contributed by atoms with Gasteiger partial charge in [-0.2, -0.15) is 0 Å². The summed E-state index contributed by atoms with van der Waals surface area (Å²) in [6.07, 6.45) is 5.47. The average molecular weight is 471 g/mol. The number of nitrogens with zero attached hydrogens (tertiary/aromatic N) is 8. The van der Waals surface area contributed by atoms with Crippen LogP contribution in [0.4, 0.5) is 0 Å². The molecule has 0 aliphatic rings. The number of hydrogen-bond donors (Lipinski definition) is 0. The fraction of sp³-hybridized carbons (Fsp3) is 0.125. The van der Waals surface area contributed by atoms with E-state index in [1.165, 1.54) is 0 Å². The first-order valence-corrected chi connectivity index (χ1v) is 10.9. The molecule has 3 heterocycles. The van der Waals surface area contributed by atoms with Gasteiger partial charge in [-0.3, -0.25) is 0 Å². The van der Waals surface area contributed by atoms with Crippen LogP contribution in [0.5, 0.6) is 5.75 Å². The van der Waals surface area contributed by atoms with Gasteiger partial charge in [-0.15, -0.1) is 5.10 Å². The second-order valence-electron chi connectivity index (χ2n) is 7.50. The molecule has 34 heavy (non-hydrogen) atoms. The summed E-state index contributed by atoms with van der Waals surface area (Å²) in [6, 6.07) is 17.7. The molecule has 3 aromatic heterocycles. The Morgan fingerprint density at radius 1 is 1.12 bits per heavy atom. The van der Waals surface area contributed by atoms with Crippen molar-refractivity contribution >= 4 is 17.1 Å². The largest absolute Gasteiger partial charge is 0.493 e. The number of imidazole rings is 1. The molecule has 2 aromatic carbocycles. The highest BCUT2D eigenvalue weighted by Crippen LogP contribution is 2.40. The predicted molar refractivity (Wildman–Crippen MR) is 131 cm³/mol. The van der Waals surface area contributed by atoms with Crippen molar-refractivity contribution in [2.45, 2.75) is 0 Å². The van der Waals surface area contributed by atoms with E-state index < -0.39 is 0 Å². The molecule has 5 aromatic rings. The SMILES string of the molecule is Cn1ccnc1-c1nc(Cl)c2c(-c3ccccc3)c(-c3cccc(OCCN=[N+]=[N-])c3)cn2n1. The summed E-state index contributed by atoms with van der Waals surface area (Å²) in [7, 11) is 1.88. The monoisotopic (exact) mass is 470 g/mol. The van der Waals surface area contributed by atoms with Gasteiger partial charge < -0.3 is 9.30 Å². The van der Waals surface area contributed by atoms with Crippen molar-refractivity contribution in [3.8, 4) is 39.7 Å². The van der Waals surface area contributed by atoms with Gasteiger partial charge in [0.05, 0.1) is 13.2 Å². The number of fused-ring (bicyclic) bond motifs is 1. The third-order valence-electron chi connectivity index (χ3n) is 5.34. The summed E-state index contributed by atoms with van der Waals surface area (Å²) in [6.45, 7) is 0.550. The first-order valence-electron chi connectivity index (χ1n) is 10.5. The van der Waals surface area contributed by atoms with E-state index in [1.807, 2.05) is 78.6 Å². The number of benzene rings is 2. The van der Waals surface area contributed by atoms with Crippen LogP contribution in [-0.4, -0.2) is 37.3 Å². The van der Waals surface area contributed by atoms with Crippen LogP contribution in [0.15, 0.2) is 78.3 Å². The zero-order valence-corrected chi connectivity index (χ0v) is 19.0. The molecule has 0 saturated heterocycles. The molecule has 0 N–H and O–H groups in total. The second kappa shape index (κ2) is 9.27. The lowest BCUT2D eigenvalue weighted by Gasteiger charge is -2.09. The predicted octanol–water partition coefficient (Wildman–Crippen LogP) is 5.81. The molecule has 0 saturated carbocycles. The molecule has 0 radical (unpaired) electrons. The molecule has 5 rings (SSSR count). The molecule has 168 valence electrons. The van der Waals surface area contributed by atoms with Gasteiger partial charge in [0.25, 0.3) is 0 Å². The summed E-state index contributed by atoms with van der Waals surface area (Å²) in [5.74, 6) is 1.72. The van der Waals surface area contributed by atoms with Crippen LogP contribution in [0.3, 0.4) is 0 Å². The molecule has 10 heteroatoms. The number of azide groups is 1. The first-order chi connectivity index (χ1) is 16.7. The summed E-state index contributed by atoms with van der Waals surface area (Å²) in [4.78, 5) is 11.7. The van der Waals surface area contributed by atoms with Crippen molar-refractivity contribution in [2.24, 2.45) is 12.2 Å². The number of halogens is 1. The van der Waals surface area contributed by atoms with Crippen LogP contribution < -0.4 is 4.74 Å². The Morgan fingerprint density at radius 2 is 1.94 bits per heavy atom. The van der Waals surface area contributed by atoms with Crippen molar-refractivity contribution in [3.63, 3.8) is 0 Å². The van der Waals surface area contributed by atoms with Crippen LogP contribution in [0.25, 0.3) is 49.9 Å². The highest BCUT2D eigenvalue weighted by atomic mass is 35.5. The summed E-state index contributed by atoms with van der Waals surface area (Å²) < 4.78 is 9.36. The van der Waals surface area contributed by atoms with Crippen LogP contribution in [0.2, 0.25) is 5.15 Å². The maximum atomic E-state index is 8.46. The number of rotatable bonds is 7. The molecule has 9 nitrogen and oxygen atoms in total. The van der Waals surface area contributed by atoms with E-state index in [0.717, 1.165) is 22.3 Å². The van der Waals surface area contributed by atoms with Gasteiger partial charge in [0.2, 0.25) is 5.82 Å². The maximum Gasteiger partial charge on any atom is 0.217 e. The highest BCUT2D eigenvalue weighted by Gasteiger charge is 2.21. The Hall–Kier alpha value is -4.33. The topological polar surface area (TPSA) is 106 Å². The second-order valence-corrected chi connectivity index (χ2v) is 7.85. The normalized spacial score (nSPS) is 10.9. The molecule has 0 aliphatic heterocycles. The van der Waals surface area contributed by atoms with Gasteiger partial charge in [-0.1, -0.05) is 59.2 Å². The van der Waals surface area contributed by atoms with Crippen molar-refractivity contribution in [1.29, 1.82) is 0 Å².